The van der Waals surface area contributed by atoms with Gasteiger partial charge in [-0.15, -0.1) is 0 Å². The van der Waals surface area contributed by atoms with Crippen LogP contribution in [0.2, 0.25) is 0 Å². The molecule has 2 heterocycles. The highest BCUT2D eigenvalue weighted by Gasteiger charge is 2.09. The number of aromatic nitrogens is 3. The lowest BCUT2D eigenvalue weighted by Gasteiger charge is -2.09. The summed E-state index contributed by atoms with van der Waals surface area (Å²) >= 11 is 3.47. The summed E-state index contributed by atoms with van der Waals surface area (Å²) in [5, 5.41) is 5.97. The minimum atomic E-state index is -0.275. The first-order valence-corrected chi connectivity index (χ1v) is 8.44. The third-order valence-corrected chi connectivity index (χ3v) is 4.38. The molecule has 0 aliphatic heterocycles. The van der Waals surface area contributed by atoms with E-state index in [1.807, 2.05) is 43.3 Å². The Balaban J connectivity index is 1.68. The number of amides is 1. The number of nitrogens with one attached hydrogen (secondary N) is 2. The van der Waals surface area contributed by atoms with Gasteiger partial charge < -0.3 is 10.6 Å². The smallest absolute Gasteiger partial charge is 0.270 e. The molecule has 0 saturated carbocycles. The molecule has 6 nitrogen and oxygen atoms in total. The number of pyridine rings is 1. The standard InChI is InChI=1S/C18H16BrN5O/c1-12-8-13(5-6-15(12)19)24-17-9-16(22-11-23-17)18(25)21-10-14-4-2-3-7-20-14/h2-9,11H,10H2,1H3,(H,21,25)(H,22,23,24). The van der Waals surface area contributed by atoms with Crippen molar-refractivity contribution in [2.75, 3.05) is 5.32 Å². The Labute approximate surface area is 153 Å². The molecule has 126 valence electrons. The molecule has 0 fully saturated rings. The lowest BCUT2D eigenvalue weighted by molar-refractivity contribution is 0.0945. The summed E-state index contributed by atoms with van der Waals surface area (Å²) in [6.07, 6.45) is 3.05. The van der Waals surface area contributed by atoms with Gasteiger partial charge in [-0.1, -0.05) is 22.0 Å². The highest BCUT2D eigenvalue weighted by molar-refractivity contribution is 9.10. The fourth-order valence-corrected chi connectivity index (χ4v) is 2.43. The molecule has 0 spiro atoms. The second-order valence-electron chi connectivity index (χ2n) is 5.38. The maximum absolute atomic E-state index is 12.3. The van der Waals surface area contributed by atoms with Gasteiger partial charge in [0.1, 0.15) is 17.8 Å². The molecule has 0 atom stereocenters. The molecule has 25 heavy (non-hydrogen) atoms. The summed E-state index contributed by atoms with van der Waals surface area (Å²) in [7, 11) is 0. The van der Waals surface area contributed by atoms with Gasteiger partial charge in [-0.05, 0) is 42.8 Å². The van der Waals surface area contributed by atoms with Gasteiger partial charge in [0.25, 0.3) is 5.91 Å². The summed E-state index contributed by atoms with van der Waals surface area (Å²) in [5.41, 5.74) is 3.07. The number of rotatable bonds is 5. The summed E-state index contributed by atoms with van der Waals surface area (Å²) < 4.78 is 1.04. The van der Waals surface area contributed by atoms with Crippen LogP contribution in [0.3, 0.4) is 0 Å². The molecule has 7 heteroatoms. The molecule has 0 unspecified atom stereocenters. The summed E-state index contributed by atoms with van der Waals surface area (Å²) in [5.74, 6) is 0.280. The van der Waals surface area contributed by atoms with Crippen molar-refractivity contribution < 1.29 is 4.79 Å². The number of halogens is 1. The maximum Gasteiger partial charge on any atom is 0.270 e. The van der Waals surface area contributed by atoms with Crippen molar-refractivity contribution in [3.05, 3.63) is 76.4 Å². The van der Waals surface area contributed by atoms with Crippen molar-refractivity contribution >= 4 is 33.3 Å². The summed E-state index contributed by atoms with van der Waals surface area (Å²) in [6.45, 7) is 2.35. The highest BCUT2D eigenvalue weighted by Crippen LogP contribution is 2.22. The van der Waals surface area contributed by atoms with Crippen LogP contribution in [-0.4, -0.2) is 20.9 Å². The van der Waals surface area contributed by atoms with Crippen LogP contribution >= 0.6 is 15.9 Å². The minimum Gasteiger partial charge on any atom is -0.345 e. The van der Waals surface area contributed by atoms with Crippen LogP contribution in [0.25, 0.3) is 0 Å². The van der Waals surface area contributed by atoms with E-state index in [2.05, 4.69) is 41.5 Å². The maximum atomic E-state index is 12.3. The fourth-order valence-electron chi connectivity index (χ4n) is 2.18. The van der Waals surface area contributed by atoms with Crippen molar-refractivity contribution in [1.29, 1.82) is 0 Å². The molecular weight excluding hydrogens is 382 g/mol. The van der Waals surface area contributed by atoms with E-state index in [1.54, 1.807) is 12.3 Å². The van der Waals surface area contributed by atoms with E-state index >= 15 is 0 Å². The van der Waals surface area contributed by atoms with Crippen molar-refractivity contribution in [3.63, 3.8) is 0 Å². The highest BCUT2D eigenvalue weighted by atomic mass is 79.9. The number of hydrogen-bond acceptors (Lipinski definition) is 5. The summed E-state index contributed by atoms with van der Waals surface area (Å²) in [4.78, 5) is 24.6. The zero-order valence-electron chi connectivity index (χ0n) is 13.5. The number of carbonyl (C=O) groups excluding carboxylic acids is 1. The van der Waals surface area contributed by atoms with E-state index in [0.717, 1.165) is 21.4 Å². The predicted molar refractivity (Wildman–Crippen MR) is 99.6 cm³/mol. The fraction of sp³-hybridized carbons (Fsp3) is 0.111. The van der Waals surface area contributed by atoms with E-state index < -0.39 is 0 Å². The van der Waals surface area contributed by atoms with E-state index in [1.165, 1.54) is 6.33 Å². The Kier molecular flexibility index (Phi) is 5.35. The Morgan fingerprint density at radius 1 is 1.12 bits per heavy atom. The number of aryl methyl sites for hydroxylation is 1. The van der Waals surface area contributed by atoms with Crippen LogP contribution in [-0.2, 0) is 6.54 Å². The Morgan fingerprint density at radius 3 is 2.76 bits per heavy atom. The first kappa shape index (κ1) is 17.0. The summed E-state index contributed by atoms with van der Waals surface area (Å²) in [6, 6.07) is 13.1. The molecule has 1 aromatic carbocycles. The van der Waals surface area contributed by atoms with Gasteiger partial charge in [0.05, 0.1) is 12.2 Å². The number of carbonyl (C=O) groups is 1. The predicted octanol–water partition coefficient (Wildman–Crippen LogP) is 3.62. The van der Waals surface area contributed by atoms with Crippen LogP contribution < -0.4 is 10.6 Å². The molecule has 2 N–H and O–H groups in total. The third kappa shape index (κ3) is 4.60. The second kappa shape index (κ2) is 7.85. The largest absolute Gasteiger partial charge is 0.345 e. The van der Waals surface area contributed by atoms with Gasteiger partial charge >= 0.3 is 0 Å². The topological polar surface area (TPSA) is 79.8 Å². The first-order valence-electron chi connectivity index (χ1n) is 7.65. The van der Waals surface area contributed by atoms with Gasteiger partial charge in [0.2, 0.25) is 0 Å². The molecule has 0 saturated heterocycles. The molecule has 0 radical (unpaired) electrons. The van der Waals surface area contributed by atoms with E-state index in [0.29, 0.717) is 18.1 Å². The lowest BCUT2D eigenvalue weighted by atomic mass is 10.2. The number of benzene rings is 1. The Hall–Kier alpha value is -2.80. The van der Waals surface area contributed by atoms with Crippen LogP contribution in [0.4, 0.5) is 11.5 Å². The van der Waals surface area contributed by atoms with Gasteiger partial charge in [0.15, 0.2) is 0 Å². The van der Waals surface area contributed by atoms with Crippen molar-refractivity contribution in [2.24, 2.45) is 0 Å². The minimum absolute atomic E-state index is 0.275. The van der Waals surface area contributed by atoms with E-state index in [-0.39, 0.29) is 5.91 Å². The van der Waals surface area contributed by atoms with Crippen LogP contribution in [0.15, 0.2) is 59.5 Å². The van der Waals surface area contributed by atoms with E-state index in [4.69, 9.17) is 0 Å². The molecular formula is C18H16BrN5O. The van der Waals surface area contributed by atoms with E-state index in [9.17, 15) is 4.79 Å². The molecule has 0 aliphatic carbocycles. The van der Waals surface area contributed by atoms with Gasteiger partial charge in [-0.2, -0.15) is 0 Å². The zero-order valence-corrected chi connectivity index (χ0v) is 15.1. The average Bonchev–Trinajstić information content (AvgIpc) is 2.64. The Morgan fingerprint density at radius 2 is 2.00 bits per heavy atom. The third-order valence-electron chi connectivity index (χ3n) is 3.49. The van der Waals surface area contributed by atoms with Gasteiger partial charge in [0, 0.05) is 22.4 Å². The molecule has 0 aliphatic rings. The van der Waals surface area contributed by atoms with Gasteiger partial charge in [-0.3, -0.25) is 9.78 Å². The van der Waals surface area contributed by atoms with Crippen LogP contribution in [0.1, 0.15) is 21.7 Å². The van der Waals surface area contributed by atoms with Crippen LogP contribution in [0, 0.1) is 6.92 Å². The van der Waals surface area contributed by atoms with Crippen molar-refractivity contribution in [1.82, 2.24) is 20.3 Å². The lowest BCUT2D eigenvalue weighted by Crippen LogP contribution is -2.24. The Bertz CT molecular complexity index is 886. The van der Waals surface area contributed by atoms with Crippen molar-refractivity contribution in [2.45, 2.75) is 13.5 Å². The average molecular weight is 398 g/mol. The molecule has 1 amide bonds. The first-order chi connectivity index (χ1) is 12.1. The van der Waals surface area contributed by atoms with Gasteiger partial charge in [-0.25, -0.2) is 9.97 Å². The number of hydrogen-bond donors (Lipinski definition) is 2. The number of nitrogens with zero attached hydrogens (tertiary/aromatic N) is 3. The zero-order chi connectivity index (χ0) is 17.6. The van der Waals surface area contributed by atoms with Crippen LogP contribution in [0.5, 0.6) is 0 Å². The molecule has 3 rings (SSSR count). The normalized spacial score (nSPS) is 10.3. The quantitative estimate of drug-likeness (QED) is 0.687. The SMILES string of the molecule is Cc1cc(Nc2cc(C(=O)NCc3ccccn3)ncn2)ccc1Br. The molecule has 2 aromatic heterocycles. The molecule has 0 bridgehead atoms. The second-order valence-corrected chi connectivity index (χ2v) is 6.24. The van der Waals surface area contributed by atoms with Crippen molar-refractivity contribution in [3.8, 4) is 0 Å². The molecule has 3 aromatic rings. The monoisotopic (exact) mass is 397 g/mol. The number of anilines is 2.